The number of halogens is 2. The van der Waals surface area contributed by atoms with E-state index in [-0.39, 0.29) is 11.3 Å². The molecule has 0 bridgehead atoms. The highest BCUT2D eigenvalue weighted by Crippen LogP contribution is 2.19. The zero-order valence-electron chi connectivity index (χ0n) is 8.67. The fourth-order valence-corrected chi connectivity index (χ4v) is 1.64. The summed E-state index contributed by atoms with van der Waals surface area (Å²) in [6.45, 7) is 0.470. The molecule has 0 saturated heterocycles. The maximum absolute atomic E-state index is 13.2. The van der Waals surface area contributed by atoms with Crippen LogP contribution in [0.25, 0.3) is 0 Å². The minimum Gasteiger partial charge on any atom is -0.507 e. The molecule has 0 atom stereocenters. The topological polar surface area (TPSA) is 49.3 Å². The summed E-state index contributed by atoms with van der Waals surface area (Å²) in [6, 6.07) is 3.79. The molecule has 16 heavy (non-hydrogen) atoms. The highest BCUT2D eigenvalue weighted by atomic mass is 79.9. The second-order valence-electron chi connectivity index (χ2n) is 3.29. The van der Waals surface area contributed by atoms with Crippen molar-refractivity contribution in [3.05, 3.63) is 29.6 Å². The van der Waals surface area contributed by atoms with Crippen molar-refractivity contribution in [3.8, 4) is 5.75 Å². The number of hydrogen-bond donors (Lipinski definition) is 2. The first-order valence-electron chi connectivity index (χ1n) is 4.98. The largest absolute Gasteiger partial charge is 0.507 e. The molecule has 2 N–H and O–H groups in total. The van der Waals surface area contributed by atoms with Gasteiger partial charge in [-0.05, 0) is 25.0 Å². The third kappa shape index (κ3) is 3.48. The molecule has 0 aliphatic rings. The number of alkyl halides is 1. The molecule has 1 rings (SSSR count). The van der Waals surface area contributed by atoms with Crippen molar-refractivity contribution in [2.45, 2.75) is 12.8 Å². The Balaban J connectivity index is 2.59. The fourth-order valence-electron chi connectivity index (χ4n) is 1.25. The Hall–Kier alpha value is -1.10. The Morgan fingerprint density at radius 2 is 2.19 bits per heavy atom. The zero-order chi connectivity index (χ0) is 12.0. The van der Waals surface area contributed by atoms with Crippen molar-refractivity contribution in [2.75, 3.05) is 11.9 Å². The average molecular weight is 290 g/mol. The van der Waals surface area contributed by atoms with Crippen molar-refractivity contribution in [1.82, 2.24) is 5.32 Å². The van der Waals surface area contributed by atoms with E-state index in [0.717, 1.165) is 24.2 Å². The normalized spacial score (nSPS) is 10.1. The van der Waals surface area contributed by atoms with Crippen LogP contribution >= 0.6 is 15.9 Å². The van der Waals surface area contributed by atoms with Crippen molar-refractivity contribution >= 4 is 21.8 Å². The number of phenols is 1. The summed E-state index contributed by atoms with van der Waals surface area (Å²) >= 11 is 3.27. The molecule has 1 amide bonds. The second-order valence-corrected chi connectivity index (χ2v) is 4.08. The van der Waals surface area contributed by atoms with Gasteiger partial charge in [0.15, 0.2) is 0 Å². The standard InChI is InChI=1S/C11H13BrFNO2/c12-6-1-2-7-14-11(16)10-8(13)4-3-5-9(10)15/h3-5,15H,1-2,6-7H2,(H,14,16). The molecular weight excluding hydrogens is 277 g/mol. The van der Waals surface area contributed by atoms with Crippen LogP contribution in [0.15, 0.2) is 18.2 Å². The third-order valence-corrected chi connectivity index (χ3v) is 2.63. The van der Waals surface area contributed by atoms with Gasteiger partial charge in [-0.3, -0.25) is 4.79 Å². The van der Waals surface area contributed by atoms with Gasteiger partial charge in [0.05, 0.1) is 0 Å². The summed E-state index contributed by atoms with van der Waals surface area (Å²) in [4.78, 5) is 11.5. The minimum atomic E-state index is -0.710. The molecule has 0 aliphatic carbocycles. The lowest BCUT2D eigenvalue weighted by Gasteiger charge is -2.06. The third-order valence-electron chi connectivity index (χ3n) is 2.06. The number of unbranched alkanes of at least 4 members (excludes halogenated alkanes) is 1. The lowest BCUT2D eigenvalue weighted by atomic mass is 10.1. The Morgan fingerprint density at radius 1 is 1.44 bits per heavy atom. The van der Waals surface area contributed by atoms with Crippen LogP contribution in [0.4, 0.5) is 4.39 Å². The van der Waals surface area contributed by atoms with Gasteiger partial charge < -0.3 is 10.4 Å². The molecule has 0 fully saturated rings. The number of rotatable bonds is 5. The SMILES string of the molecule is O=C(NCCCCBr)c1c(O)cccc1F. The van der Waals surface area contributed by atoms with E-state index < -0.39 is 11.7 Å². The highest BCUT2D eigenvalue weighted by molar-refractivity contribution is 9.09. The monoisotopic (exact) mass is 289 g/mol. The summed E-state index contributed by atoms with van der Waals surface area (Å²) in [5.74, 6) is -1.62. The summed E-state index contributed by atoms with van der Waals surface area (Å²) in [6.07, 6.45) is 1.75. The zero-order valence-corrected chi connectivity index (χ0v) is 10.3. The number of benzene rings is 1. The van der Waals surface area contributed by atoms with E-state index in [4.69, 9.17) is 0 Å². The summed E-state index contributed by atoms with van der Waals surface area (Å²) in [5, 5.41) is 12.8. The van der Waals surface area contributed by atoms with Gasteiger partial charge >= 0.3 is 0 Å². The van der Waals surface area contributed by atoms with Gasteiger partial charge in [-0.25, -0.2) is 4.39 Å². The first kappa shape index (κ1) is 13.0. The minimum absolute atomic E-state index is 0.290. The number of carbonyl (C=O) groups excluding carboxylic acids is 1. The quantitative estimate of drug-likeness (QED) is 0.646. The first-order valence-corrected chi connectivity index (χ1v) is 6.10. The van der Waals surface area contributed by atoms with Crippen LogP contribution in [0, 0.1) is 5.82 Å². The van der Waals surface area contributed by atoms with Gasteiger partial charge in [0.2, 0.25) is 0 Å². The molecule has 3 nitrogen and oxygen atoms in total. The van der Waals surface area contributed by atoms with Gasteiger partial charge in [-0.1, -0.05) is 22.0 Å². The maximum Gasteiger partial charge on any atom is 0.258 e. The molecule has 1 aromatic carbocycles. The second kappa shape index (κ2) is 6.48. The van der Waals surface area contributed by atoms with Crippen molar-refractivity contribution < 1.29 is 14.3 Å². The van der Waals surface area contributed by atoms with Crippen LogP contribution in [-0.4, -0.2) is 22.9 Å². The predicted molar refractivity (Wildman–Crippen MR) is 63.4 cm³/mol. The van der Waals surface area contributed by atoms with Gasteiger partial charge in [-0.2, -0.15) is 0 Å². The van der Waals surface area contributed by atoms with Crippen LogP contribution in [0.1, 0.15) is 23.2 Å². The predicted octanol–water partition coefficient (Wildman–Crippen LogP) is 2.44. The number of phenolic OH excluding ortho intramolecular Hbond substituents is 1. The number of carbonyl (C=O) groups is 1. The van der Waals surface area contributed by atoms with E-state index in [1.54, 1.807) is 0 Å². The van der Waals surface area contributed by atoms with E-state index in [2.05, 4.69) is 21.2 Å². The van der Waals surface area contributed by atoms with Crippen LogP contribution in [0.2, 0.25) is 0 Å². The molecular formula is C11H13BrFNO2. The van der Waals surface area contributed by atoms with Crippen LogP contribution in [0.3, 0.4) is 0 Å². The molecule has 0 aromatic heterocycles. The van der Waals surface area contributed by atoms with Crippen LogP contribution in [-0.2, 0) is 0 Å². The lowest BCUT2D eigenvalue weighted by molar-refractivity contribution is 0.0946. The Morgan fingerprint density at radius 3 is 2.81 bits per heavy atom. The molecule has 0 aliphatic heterocycles. The summed E-state index contributed by atoms with van der Waals surface area (Å²) in [7, 11) is 0. The smallest absolute Gasteiger partial charge is 0.258 e. The first-order chi connectivity index (χ1) is 7.66. The van der Waals surface area contributed by atoms with Gasteiger partial charge in [-0.15, -0.1) is 0 Å². The van der Waals surface area contributed by atoms with Crippen LogP contribution < -0.4 is 5.32 Å². The highest BCUT2D eigenvalue weighted by Gasteiger charge is 2.15. The number of amides is 1. The number of nitrogens with one attached hydrogen (secondary N) is 1. The van der Waals surface area contributed by atoms with Gasteiger partial charge in [0.1, 0.15) is 17.1 Å². The van der Waals surface area contributed by atoms with Gasteiger partial charge in [0, 0.05) is 11.9 Å². The van der Waals surface area contributed by atoms with Crippen LogP contribution in [0.5, 0.6) is 5.75 Å². The van der Waals surface area contributed by atoms with Gasteiger partial charge in [0.25, 0.3) is 5.91 Å². The van der Waals surface area contributed by atoms with E-state index in [0.29, 0.717) is 6.54 Å². The molecule has 1 aromatic rings. The average Bonchev–Trinajstić information content (AvgIpc) is 2.24. The van der Waals surface area contributed by atoms with E-state index in [1.807, 2.05) is 0 Å². The number of hydrogen-bond acceptors (Lipinski definition) is 2. The van der Waals surface area contributed by atoms with Crippen molar-refractivity contribution in [1.29, 1.82) is 0 Å². The molecule has 0 saturated carbocycles. The summed E-state index contributed by atoms with van der Waals surface area (Å²) in [5.41, 5.74) is -0.290. The van der Waals surface area contributed by atoms with Crippen molar-refractivity contribution in [3.63, 3.8) is 0 Å². The Labute approximate surface area is 102 Å². The van der Waals surface area contributed by atoms with E-state index in [9.17, 15) is 14.3 Å². The number of aromatic hydroxyl groups is 1. The van der Waals surface area contributed by atoms with E-state index in [1.165, 1.54) is 12.1 Å². The molecule has 88 valence electrons. The molecule has 0 unspecified atom stereocenters. The van der Waals surface area contributed by atoms with E-state index >= 15 is 0 Å². The molecule has 0 radical (unpaired) electrons. The van der Waals surface area contributed by atoms with Crippen molar-refractivity contribution in [2.24, 2.45) is 0 Å². The summed E-state index contributed by atoms with van der Waals surface area (Å²) < 4.78 is 13.2. The Kier molecular flexibility index (Phi) is 5.25. The molecule has 5 heteroatoms. The maximum atomic E-state index is 13.2. The molecule has 0 heterocycles. The fraction of sp³-hybridized carbons (Fsp3) is 0.364. The Bertz CT molecular complexity index is 351. The lowest BCUT2D eigenvalue weighted by Crippen LogP contribution is -2.25. The molecule has 0 spiro atoms.